The van der Waals surface area contributed by atoms with Crippen molar-refractivity contribution in [2.75, 3.05) is 0 Å². The van der Waals surface area contributed by atoms with Crippen LogP contribution < -0.4 is 5.73 Å². The molecule has 3 N–H and O–H groups in total. The van der Waals surface area contributed by atoms with Crippen LogP contribution in [0.4, 0.5) is 0 Å². The fraction of sp³-hybridized carbons (Fsp3) is 0.333. The second kappa shape index (κ2) is 6.07. The Morgan fingerprint density at radius 1 is 1.17 bits per heavy atom. The molecule has 18 heavy (non-hydrogen) atoms. The lowest BCUT2D eigenvalue weighted by Crippen LogP contribution is -2.19. The van der Waals surface area contributed by atoms with Gasteiger partial charge in [0.05, 0.1) is 0 Å². The van der Waals surface area contributed by atoms with Crippen LogP contribution >= 0.6 is 12.4 Å². The quantitative estimate of drug-likeness (QED) is 0.881. The Hall–Kier alpha value is -1.25. The van der Waals surface area contributed by atoms with Crippen molar-refractivity contribution in [2.24, 2.45) is 11.7 Å². The normalized spacial score (nSPS) is 13.9. The molecule has 0 aliphatic heterocycles. The first kappa shape index (κ1) is 14.8. The Bertz CT molecular complexity index is 527. The molecule has 0 spiro atoms. The predicted octanol–water partition coefficient (Wildman–Crippen LogP) is 4.01. The first-order valence-corrected chi connectivity index (χ1v) is 6.11. The van der Waals surface area contributed by atoms with E-state index in [1.807, 2.05) is 30.3 Å². The van der Waals surface area contributed by atoms with E-state index in [0.29, 0.717) is 11.7 Å². The van der Waals surface area contributed by atoms with Gasteiger partial charge in [0.25, 0.3) is 0 Å². The SMILES string of the molecule is CCC(C)[C@@H](N)c1c(O)ccc2ccccc12.Cl. The largest absolute Gasteiger partial charge is 0.508 e. The van der Waals surface area contributed by atoms with E-state index < -0.39 is 0 Å². The highest BCUT2D eigenvalue weighted by atomic mass is 35.5. The van der Waals surface area contributed by atoms with Crippen LogP contribution in [0.25, 0.3) is 10.8 Å². The van der Waals surface area contributed by atoms with Gasteiger partial charge in [-0.25, -0.2) is 0 Å². The molecule has 0 aromatic heterocycles. The minimum Gasteiger partial charge on any atom is -0.508 e. The van der Waals surface area contributed by atoms with Crippen molar-refractivity contribution in [1.82, 2.24) is 0 Å². The van der Waals surface area contributed by atoms with E-state index in [-0.39, 0.29) is 18.4 Å². The maximum absolute atomic E-state index is 10.0. The summed E-state index contributed by atoms with van der Waals surface area (Å²) in [6, 6.07) is 11.6. The van der Waals surface area contributed by atoms with Crippen LogP contribution in [0, 0.1) is 5.92 Å². The Morgan fingerprint density at radius 3 is 2.50 bits per heavy atom. The first-order valence-electron chi connectivity index (χ1n) is 6.11. The maximum atomic E-state index is 10.0. The molecule has 0 radical (unpaired) electrons. The number of hydrogen-bond donors (Lipinski definition) is 2. The van der Waals surface area contributed by atoms with Gasteiger partial charge in [-0.2, -0.15) is 0 Å². The summed E-state index contributed by atoms with van der Waals surface area (Å²) < 4.78 is 0. The third-order valence-corrected chi connectivity index (χ3v) is 3.54. The van der Waals surface area contributed by atoms with Crippen LogP contribution in [0.15, 0.2) is 36.4 Å². The van der Waals surface area contributed by atoms with Crippen molar-refractivity contribution < 1.29 is 5.11 Å². The Labute approximate surface area is 114 Å². The first-order chi connectivity index (χ1) is 8.15. The van der Waals surface area contributed by atoms with Gasteiger partial charge in [-0.3, -0.25) is 0 Å². The lowest BCUT2D eigenvalue weighted by Gasteiger charge is -2.21. The fourth-order valence-corrected chi connectivity index (χ4v) is 2.17. The Morgan fingerprint density at radius 2 is 1.83 bits per heavy atom. The number of benzene rings is 2. The molecule has 0 amide bonds. The molecule has 2 atom stereocenters. The molecule has 98 valence electrons. The van der Waals surface area contributed by atoms with E-state index in [0.717, 1.165) is 22.8 Å². The minimum absolute atomic E-state index is 0. The summed E-state index contributed by atoms with van der Waals surface area (Å²) in [5.41, 5.74) is 7.13. The summed E-state index contributed by atoms with van der Waals surface area (Å²) in [5.74, 6) is 0.656. The van der Waals surface area contributed by atoms with Gasteiger partial charge in [0, 0.05) is 11.6 Å². The van der Waals surface area contributed by atoms with Crippen LogP contribution in [0.2, 0.25) is 0 Å². The van der Waals surface area contributed by atoms with Crippen LogP contribution in [0.5, 0.6) is 5.75 Å². The summed E-state index contributed by atoms with van der Waals surface area (Å²) in [4.78, 5) is 0. The number of nitrogens with two attached hydrogens (primary N) is 1. The average Bonchev–Trinajstić information content (AvgIpc) is 2.37. The van der Waals surface area contributed by atoms with Gasteiger partial charge in [0.1, 0.15) is 5.75 Å². The zero-order valence-corrected chi connectivity index (χ0v) is 11.6. The molecule has 1 unspecified atom stereocenters. The Balaban J connectivity index is 0.00000162. The molecule has 2 rings (SSSR count). The molecule has 0 saturated heterocycles. The number of phenols is 1. The Kier molecular flexibility index (Phi) is 5.00. The highest BCUT2D eigenvalue weighted by Crippen LogP contribution is 2.35. The van der Waals surface area contributed by atoms with Crippen LogP contribution in [-0.4, -0.2) is 5.11 Å². The number of phenolic OH excluding ortho intramolecular Hbond substituents is 1. The van der Waals surface area contributed by atoms with Gasteiger partial charge in [-0.05, 0) is 22.8 Å². The summed E-state index contributed by atoms with van der Waals surface area (Å²) in [7, 11) is 0. The average molecular weight is 266 g/mol. The maximum Gasteiger partial charge on any atom is 0.120 e. The molecule has 2 nitrogen and oxygen atoms in total. The number of rotatable bonds is 3. The standard InChI is InChI=1S/C15H19NO.ClH/c1-3-10(2)15(16)14-12-7-5-4-6-11(12)8-9-13(14)17;/h4-10,15,17H,3,16H2,1-2H3;1H/t10?,15-;/m1./s1. The zero-order valence-electron chi connectivity index (χ0n) is 10.8. The van der Waals surface area contributed by atoms with Gasteiger partial charge >= 0.3 is 0 Å². The molecular weight excluding hydrogens is 246 g/mol. The lowest BCUT2D eigenvalue weighted by atomic mass is 9.89. The molecule has 0 aliphatic carbocycles. The van der Waals surface area contributed by atoms with E-state index in [4.69, 9.17) is 5.73 Å². The second-order valence-electron chi connectivity index (χ2n) is 4.63. The predicted molar refractivity (Wildman–Crippen MR) is 79.2 cm³/mol. The van der Waals surface area contributed by atoms with Crippen molar-refractivity contribution >= 4 is 23.2 Å². The molecule has 0 aliphatic rings. The van der Waals surface area contributed by atoms with Gasteiger partial charge in [-0.15, -0.1) is 12.4 Å². The fourth-order valence-electron chi connectivity index (χ4n) is 2.17. The number of fused-ring (bicyclic) bond motifs is 1. The van der Waals surface area contributed by atoms with Gasteiger partial charge in [0.15, 0.2) is 0 Å². The van der Waals surface area contributed by atoms with Crippen molar-refractivity contribution in [3.63, 3.8) is 0 Å². The molecule has 3 heteroatoms. The second-order valence-corrected chi connectivity index (χ2v) is 4.63. The number of hydrogen-bond acceptors (Lipinski definition) is 2. The van der Waals surface area contributed by atoms with Crippen LogP contribution in [-0.2, 0) is 0 Å². The monoisotopic (exact) mass is 265 g/mol. The van der Waals surface area contributed by atoms with Crippen molar-refractivity contribution in [3.05, 3.63) is 42.0 Å². The highest BCUT2D eigenvalue weighted by molar-refractivity contribution is 5.88. The highest BCUT2D eigenvalue weighted by Gasteiger charge is 2.19. The number of halogens is 1. The molecule has 2 aromatic carbocycles. The van der Waals surface area contributed by atoms with E-state index in [1.54, 1.807) is 6.07 Å². The molecular formula is C15H20ClNO. The topological polar surface area (TPSA) is 46.2 Å². The summed E-state index contributed by atoms with van der Waals surface area (Å²) in [6.07, 6.45) is 1.00. The lowest BCUT2D eigenvalue weighted by molar-refractivity contribution is 0.422. The molecule has 0 fully saturated rings. The minimum atomic E-state index is -0.119. The van der Waals surface area contributed by atoms with Gasteiger partial charge < -0.3 is 10.8 Å². The molecule has 2 aromatic rings. The number of aromatic hydroxyl groups is 1. The van der Waals surface area contributed by atoms with Crippen molar-refractivity contribution in [2.45, 2.75) is 26.3 Å². The van der Waals surface area contributed by atoms with Gasteiger partial charge in [0.2, 0.25) is 0 Å². The van der Waals surface area contributed by atoms with Gasteiger partial charge in [-0.1, -0.05) is 50.6 Å². The van der Waals surface area contributed by atoms with E-state index >= 15 is 0 Å². The van der Waals surface area contributed by atoms with Crippen LogP contribution in [0.3, 0.4) is 0 Å². The van der Waals surface area contributed by atoms with E-state index in [9.17, 15) is 5.11 Å². The van der Waals surface area contributed by atoms with Crippen molar-refractivity contribution in [1.29, 1.82) is 0 Å². The van der Waals surface area contributed by atoms with E-state index in [1.165, 1.54) is 0 Å². The summed E-state index contributed by atoms with van der Waals surface area (Å²) in [6.45, 7) is 4.23. The smallest absolute Gasteiger partial charge is 0.120 e. The third kappa shape index (κ3) is 2.60. The third-order valence-electron chi connectivity index (χ3n) is 3.54. The summed E-state index contributed by atoms with van der Waals surface area (Å²) in [5, 5.41) is 12.2. The molecule has 0 saturated carbocycles. The van der Waals surface area contributed by atoms with E-state index in [2.05, 4.69) is 13.8 Å². The summed E-state index contributed by atoms with van der Waals surface area (Å²) >= 11 is 0. The van der Waals surface area contributed by atoms with Crippen LogP contribution in [0.1, 0.15) is 31.9 Å². The zero-order chi connectivity index (χ0) is 12.4. The molecule has 0 bridgehead atoms. The van der Waals surface area contributed by atoms with Crippen molar-refractivity contribution in [3.8, 4) is 5.75 Å². The molecule has 0 heterocycles.